The Balaban J connectivity index is 1.50. The summed E-state index contributed by atoms with van der Waals surface area (Å²) in [5, 5.41) is 40.0. The van der Waals surface area contributed by atoms with Gasteiger partial charge in [-0.2, -0.15) is 9.97 Å². The predicted octanol–water partition coefficient (Wildman–Crippen LogP) is 1.08. The summed E-state index contributed by atoms with van der Waals surface area (Å²) in [6, 6.07) is 13.4. The number of ether oxygens (including phenoxy) is 2. The number of benzene rings is 2. The van der Waals surface area contributed by atoms with Gasteiger partial charge in [-0.25, -0.2) is 4.98 Å². The van der Waals surface area contributed by atoms with Gasteiger partial charge >= 0.3 is 6.01 Å². The van der Waals surface area contributed by atoms with Crippen molar-refractivity contribution in [3.8, 4) is 11.8 Å². The Kier molecular flexibility index (Phi) is 6.73. The molecule has 1 aliphatic heterocycles. The maximum atomic E-state index is 10.4. The number of aliphatic hydroxyl groups is 4. The molecule has 0 aliphatic carbocycles. The summed E-state index contributed by atoms with van der Waals surface area (Å²) < 4.78 is 11.3. The Hall–Kier alpha value is -2.95. The van der Waals surface area contributed by atoms with Gasteiger partial charge in [-0.3, -0.25) is 0 Å². The first-order valence-corrected chi connectivity index (χ1v) is 10.2. The lowest BCUT2D eigenvalue weighted by Gasteiger charge is -2.40. The molecule has 32 heavy (non-hydrogen) atoms. The molecule has 0 unspecified atom stereocenters. The first-order chi connectivity index (χ1) is 15.5. The molecule has 9 nitrogen and oxygen atoms in total. The second kappa shape index (κ2) is 9.68. The van der Waals surface area contributed by atoms with Gasteiger partial charge in [0.05, 0.1) is 6.61 Å². The minimum atomic E-state index is -1.41. The fourth-order valence-electron chi connectivity index (χ4n) is 3.72. The number of aromatic nitrogens is 3. The molecule has 168 valence electrons. The second-order valence-electron chi connectivity index (χ2n) is 7.78. The van der Waals surface area contributed by atoms with Crippen molar-refractivity contribution in [3.63, 3.8) is 0 Å². The third-order valence-corrected chi connectivity index (χ3v) is 5.59. The van der Waals surface area contributed by atoms with Gasteiger partial charge in [0.25, 0.3) is 0 Å². The van der Waals surface area contributed by atoms with Crippen molar-refractivity contribution < 1.29 is 29.9 Å². The van der Waals surface area contributed by atoms with Crippen molar-refractivity contribution in [2.75, 3.05) is 6.61 Å². The van der Waals surface area contributed by atoms with Crippen LogP contribution in [-0.2, 0) is 11.2 Å². The minimum Gasteiger partial charge on any atom is -0.424 e. The van der Waals surface area contributed by atoms with Crippen LogP contribution in [0.4, 0.5) is 0 Å². The number of nitrogens with zero attached hydrogens (tertiary/aromatic N) is 3. The van der Waals surface area contributed by atoms with E-state index in [1.165, 1.54) is 12.7 Å². The fraction of sp³-hybridized carbons (Fsp3) is 0.348. The van der Waals surface area contributed by atoms with E-state index in [1.807, 2.05) is 49.4 Å². The molecule has 0 saturated carbocycles. The Morgan fingerprint density at radius 2 is 1.66 bits per heavy atom. The van der Waals surface area contributed by atoms with Gasteiger partial charge in [-0.05, 0) is 47.7 Å². The number of rotatable bonds is 6. The normalized spacial score (nSPS) is 25.5. The molecule has 4 N–H and O–H groups in total. The van der Waals surface area contributed by atoms with Gasteiger partial charge in [-0.15, -0.1) is 0 Å². The highest BCUT2D eigenvalue weighted by atomic mass is 16.5. The van der Waals surface area contributed by atoms with E-state index < -0.39 is 37.1 Å². The number of aliphatic hydroxyl groups excluding tert-OH is 4. The van der Waals surface area contributed by atoms with E-state index in [2.05, 4.69) is 15.0 Å². The van der Waals surface area contributed by atoms with Crippen LogP contribution in [0.3, 0.4) is 0 Å². The van der Waals surface area contributed by atoms with Gasteiger partial charge in [0.1, 0.15) is 48.9 Å². The average Bonchev–Trinajstić information content (AvgIpc) is 2.81. The fourth-order valence-corrected chi connectivity index (χ4v) is 3.72. The van der Waals surface area contributed by atoms with Crippen LogP contribution in [0.5, 0.6) is 11.8 Å². The molecule has 2 aromatic carbocycles. The molecule has 2 heterocycles. The zero-order valence-corrected chi connectivity index (χ0v) is 17.4. The van der Waals surface area contributed by atoms with E-state index in [4.69, 9.17) is 9.47 Å². The molecule has 0 radical (unpaired) electrons. The van der Waals surface area contributed by atoms with Crippen LogP contribution in [0.25, 0.3) is 0 Å². The highest BCUT2D eigenvalue weighted by Crippen LogP contribution is 2.33. The van der Waals surface area contributed by atoms with Gasteiger partial charge in [0.2, 0.25) is 0 Å². The summed E-state index contributed by atoms with van der Waals surface area (Å²) in [5.41, 5.74) is 3.79. The molecular weight excluding hydrogens is 414 g/mol. The average molecular weight is 439 g/mol. The monoisotopic (exact) mass is 439 g/mol. The zero-order chi connectivity index (χ0) is 22.7. The van der Waals surface area contributed by atoms with Crippen molar-refractivity contribution in [2.24, 2.45) is 0 Å². The van der Waals surface area contributed by atoms with Gasteiger partial charge in [-0.1, -0.05) is 30.3 Å². The van der Waals surface area contributed by atoms with Crippen LogP contribution in [0.2, 0.25) is 0 Å². The SMILES string of the molecule is Cc1ccc([C@@H]2O[C@H](CO)[C@@H](O)[C@H](O)[C@H]2O)cc1Cc1ccc(Oc2ncncn2)cc1. The molecule has 9 heteroatoms. The van der Waals surface area contributed by atoms with E-state index >= 15 is 0 Å². The Morgan fingerprint density at radius 3 is 2.34 bits per heavy atom. The predicted molar refractivity (Wildman–Crippen MR) is 113 cm³/mol. The molecule has 3 aromatic rings. The van der Waals surface area contributed by atoms with Crippen LogP contribution >= 0.6 is 0 Å². The first-order valence-electron chi connectivity index (χ1n) is 10.2. The zero-order valence-electron chi connectivity index (χ0n) is 17.4. The Bertz CT molecular complexity index is 1030. The van der Waals surface area contributed by atoms with Crippen LogP contribution in [0.1, 0.15) is 28.4 Å². The summed E-state index contributed by atoms with van der Waals surface area (Å²) in [4.78, 5) is 11.6. The Labute approximate surface area is 185 Å². The smallest absolute Gasteiger partial charge is 0.324 e. The lowest BCUT2D eigenvalue weighted by Crippen LogP contribution is -2.55. The standard InChI is InChI=1S/C23H25N3O6/c1-13-2-5-15(22-21(30)20(29)19(28)18(10-27)32-22)9-16(13)8-14-3-6-17(7-4-14)31-23-25-11-24-12-26-23/h2-7,9,11-12,18-22,27-30H,8,10H2,1H3/t18-,19-,20+,21-,22+/m1/s1. The molecule has 4 rings (SSSR count). The summed E-state index contributed by atoms with van der Waals surface area (Å²) >= 11 is 0. The topological polar surface area (TPSA) is 138 Å². The van der Waals surface area contributed by atoms with Gasteiger partial charge in [0, 0.05) is 0 Å². The van der Waals surface area contributed by atoms with E-state index in [-0.39, 0.29) is 6.01 Å². The summed E-state index contributed by atoms with van der Waals surface area (Å²) in [6.07, 6.45) is -2.55. The second-order valence-corrected chi connectivity index (χ2v) is 7.78. The van der Waals surface area contributed by atoms with E-state index in [9.17, 15) is 20.4 Å². The lowest BCUT2D eigenvalue weighted by molar-refractivity contribution is -0.231. The summed E-state index contributed by atoms with van der Waals surface area (Å²) in [7, 11) is 0. The maximum absolute atomic E-state index is 10.4. The van der Waals surface area contributed by atoms with Crippen LogP contribution in [0.15, 0.2) is 55.1 Å². The van der Waals surface area contributed by atoms with Crippen molar-refractivity contribution in [3.05, 3.63) is 77.4 Å². The molecular formula is C23H25N3O6. The highest BCUT2D eigenvalue weighted by Gasteiger charge is 2.43. The third-order valence-electron chi connectivity index (χ3n) is 5.59. The molecule has 0 spiro atoms. The molecule has 0 amide bonds. The quantitative estimate of drug-likeness (QED) is 0.444. The maximum Gasteiger partial charge on any atom is 0.324 e. The summed E-state index contributed by atoms with van der Waals surface area (Å²) in [6.45, 7) is 1.53. The van der Waals surface area contributed by atoms with Crippen LogP contribution < -0.4 is 4.74 Å². The van der Waals surface area contributed by atoms with Gasteiger partial charge in [0.15, 0.2) is 0 Å². The van der Waals surface area contributed by atoms with E-state index in [0.29, 0.717) is 17.7 Å². The molecule has 5 atom stereocenters. The third kappa shape index (κ3) is 4.77. The first kappa shape index (κ1) is 22.3. The lowest BCUT2D eigenvalue weighted by atomic mass is 9.89. The molecule has 1 fully saturated rings. The summed E-state index contributed by atoms with van der Waals surface area (Å²) in [5.74, 6) is 0.603. The van der Waals surface area contributed by atoms with Crippen molar-refractivity contribution in [1.82, 2.24) is 15.0 Å². The Morgan fingerprint density at radius 1 is 0.938 bits per heavy atom. The highest BCUT2D eigenvalue weighted by molar-refractivity contribution is 5.38. The molecule has 1 saturated heterocycles. The van der Waals surface area contributed by atoms with Crippen LogP contribution in [-0.4, -0.2) is 66.4 Å². The van der Waals surface area contributed by atoms with Crippen molar-refractivity contribution in [1.29, 1.82) is 0 Å². The van der Waals surface area contributed by atoms with Crippen LogP contribution in [0, 0.1) is 6.92 Å². The molecule has 1 aromatic heterocycles. The minimum absolute atomic E-state index is 0.218. The number of aryl methyl sites for hydroxylation is 1. The van der Waals surface area contributed by atoms with E-state index in [0.717, 1.165) is 16.7 Å². The van der Waals surface area contributed by atoms with Crippen molar-refractivity contribution in [2.45, 2.75) is 43.9 Å². The van der Waals surface area contributed by atoms with Crippen molar-refractivity contribution >= 4 is 0 Å². The number of hydrogen-bond acceptors (Lipinski definition) is 9. The molecule has 0 bridgehead atoms. The number of hydrogen-bond donors (Lipinski definition) is 4. The van der Waals surface area contributed by atoms with Gasteiger partial charge < -0.3 is 29.9 Å². The molecule has 1 aliphatic rings. The largest absolute Gasteiger partial charge is 0.424 e. The van der Waals surface area contributed by atoms with E-state index in [1.54, 1.807) is 0 Å².